The molecular weight excluding hydrogens is 472 g/mol. The molecule has 0 unspecified atom stereocenters. The second-order valence-electron chi connectivity index (χ2n) is 9.24. The molecule has 0 radical (unpaired) electrons. The van der Waals surface area contributed by atoms with Crippen molar-refractivity contribution >= 4 is 5.97 Å². The van der Waals surface area contributed by atoms with E-state index in [1.807, 2.05) is 0 Å². The summed E-state index contributed by atoms with van der Waals surface area (Å²) in [5, 5.41) is 0. The highest BCUT2D eigenvalue weighted by molar-refractivity contribution is 5.91. The third kappa shape index (κ3) is 5.46. The van der Waals surface area contributed by atoms with Crippen molar-refractivity contribution in [1.29, 1.82) is 0 Å². The van der Waals surface area contributed by atoms with E-state index in [0.717, 1.165) is 25.7 Å². The average Bonchev–Trinajstić information content (AvgIpc) is 2.88. The topological polar surface area (TPSA) is 35.5 Å². The Labute approximate surface area is 208 Å². The van der Waals surface area contributed by atoms with Crippen LogP contribution < -0.4 is 4.74 Å². The van der Waals surface area contributed by atoms with Crippen LogP contribution in [0.25, 0.3) is 11.1 Å². The maximum Gasteiger partial charge on any atom is 0.343 e. The number of ether oxygens (including phenoxy) is 2. The van der Waals surface area contributed by atoms with Crippen LogP contribution in [0.5, 0.6) is 5.75 Å². The number of carbonyl (C=O) groups excluding carboxylic acids is 1. The van der Waals surface area contributed by atoms with Gasteiger partial charge in [0.15, 0.2) is 23.2 Å². The summed E-state index contributed by atoms with van der Waals surface area (Å²) < 4.78 is 68.7. The van der Waals surface area contributed by atoms with Gasteiger partial charge in [-0.05, 0) is 60.9 Å². The Hall–Kier alpha value is -3.19. The molecule has 0 heterocycles. The first-order chi connectivity index (χ1) is 17.3. The molecule has 0 amide bonds. The van der Waals surface area contributed by atoms with Crippen LogP contribution >= 0.6 is 0 Å². The Morgan fingerprint density at radius 1 is 0.833 bits per heavy atom. The third-order valence-corrected chi connectivity index (χ3v) is 6.79. The Balaban J connectivity index is 1.48. The van der Waals surface area contributed by atoms with E-state index in [0.29, 0.717) is 23.7 Å². The number of halogens is 4. The van der Waals surface area contributed by atoms with E-state index in [2.05, 4.69) is 6.92 Å². The summed E-state index contributed by atoms with van der Waals surface area (Å²) in [5.74, 6) is -5.05. The van der Waals surface area contributed by atoms with E-state index in [1.54, 1.807) is 6.92 Å². The fraction of sp³-hybridized carbons (Fsp3) is 0.345. The summed E-state index contributed by atoms with van der Waals surface area (Å²) >= 11 is 0. The van der Waals surface area contributed by atoms with E-state index >= 15 is 0 Å². The van der Waals surface area contributed by atoms with E-state index in [1.165, 1.54) is 48.5 Å². The minimum atomic E-state index is -1.19. The molecule has 0 aliphatic heterocycles. The molecule has 36 heavy (non-hydrogen) atoms. The van der Waals surface area contributed by atoms with Crippen LogP contribution in [0.4, 0.5) is 17.6 Å². The predicted molar refractivity (Wildman–Crippen MR) is 129 cm³/mol. The van der Waals surface area contributed by atoms with Crippen LogP contribution in [-0.4, -0.2) is 12.6 Å². The van der Waals surface area contributed by atoms with Crippen molar-refractivity contribution < 1.29 is 31.8 Å². The van der Waals surface area contributed by atoms with Gasteiger partial charge in [0, 0.05) is 17.7 Å². The first-order valence-corrected chi connectivity index (χ1v) is 12.1. The first kappa shape index (κ1) is 25.9. The van der Waals surface area contributed by atoms with Gasteiger partial charge in [0.2, 0.25) is 5.82 Å². The zero-order valence-corrected chi connectivity index (χ0v) is 20.3. The van der Waals surface area contributed by atoms with Gasteiger partial charge < -0.3 is 9.47 Å². The largest absolute Gasteiger partial charge is 0.420 e. The van der Waals surface area contributed by atoms with Gasteiger partial charge in [0.05, 0.1) is 12.2 Å². The molecule has 1 aliphatic rings. The van der Waals surface area contributed by atoms with Crippen molar-refractivity contribution in [2.24, 2.45) is 5.92 Å². The van der Waals surface area contributed by atoms with Crippen LogP contribution in [0, 0.1) is 29.2 Å². The van der Waals surface area contributed by atoms with Crippen molar-refractivity contribution in [1.82, 2.24) is 0 Å². The van der Waals surface area contributed by atoms with Crippen LogP contribution in [0.2, 0.25) is 0 Å². The number of hydrogen-bond donors (Lipinski definition) is 0. The fourth-order valence-corrected chi connectivity index (χ4v) is 4.59. The number of carbonyl (C=O) groups is 1. The van der Waals surface area contributed by atoms with E-state index < -0.39 is 35.0 Å². The summed E-state index contributed by atoms with van der Waals surface area (Å²) in [6.07, 6.45) is 3.52. The minimum absolute atomic E-state index is 0.0217. The normalized spacial score (nSPS) is 17.7. The van der Waals surface area contributed by atoms with Gasteiger partial charge in [0.25, 0.3) is 0 Å². The molecule has 1 aliphatic carbocycles. The summed E-state index contributed by atoms with van der Waals surface area (Å²) in [5.41, 5.74) is 0.835. The van der Waals surface area contributed by atoms with Gasteiger partial charge in [-0.15, -0.1) is 0 Å². The molecular formula is C29H28F4O3. The van der Waals surface area contributed by atoms with Crippen LogP contribution in [0.3, 0.4) is 0 Å². The zero-order valence-electron chi connectivity index (χ0n) is 20.3. The highest BCUT2D eigenvalue weighted by Gasteiger charge is 2.26. The summed E-state index contributed by atoms with van der Waals surface area (Å²) in [6, 6.07) is 11.2. The monoisotopic (exact) mass is 500 g/mol. The van der Waals surface area contributed by atoms with Crippen LogP contribution in [0.1, 0.15) is 66.9 Å². The lowest BCUT2D eigenvalue weighted by molar-refractivity contribution is 0.0726. The Morgan fingerprint density at radius 2 is 1.53 bits per heavy atom. The number of hydrogen-bond acceptors (Lipinski definition) is 3. The molecule has 0 bridgehead atoms. The smallest absolute Gasteiger partial charge is 0.343 e. The Bertz CT molecular complexity index is 1230. The molecule has 0 spiro atoms. The molecule has 0 saturated heterocycles. The van der Waals surface area contributed by atoms with Gasteiger partial charge in [0.1, 0.15) is 0 Å². The van der Waals surface area contributed by atoms with Crippen molar-refractivity contribution in [3.05, 3.63) is 88.5 Å². The summed E-state index contributed by atoms with van der Waals surface area (Å²) in [6.45, 7) is 4.24. The molecule has 7 heteroatoms. The maximum atomic E-state index is 14.8. The fourth-order valence-electron chi connectivity index (χ4n) is 4.59. The highest BCUT2D eigenvalue weighted by atomic mass is 19.2. The highest BCUT2D eigenvalue weighted by Crippen LogP contribution is 2.38. The molecule has 3 aromatic carbocycles. The molecule has 4 rings (SSSR count). The van der Waals surface area contributed by atoms with Gasteiger partial charge >= 0.3 is 5.97 Å². The second-order valence-corrected chi connectivity index (χ2v) is 9.24. The number of rotatable bonds is 7. The summed E-state index contributed by atoms with van der Waals surface area (Å²) in [4.78, 5) is 12.6. The Morgan fingerprint density at radius 3 is 2.19 bits per heavy atom. The van der Waals surface area contributed by atoms with Crippen molar-refractivity contribution in [3.63, 3.8) is 0 Å². The molecule has 190 valence electrons. The lowest BCUT2D eigenvalue weighted by atomic mass is 9.79. The standard InChI is InChI=1S/C29H28F4O3/c1-3-35-16-21-12-13-22(26(31)25(21)30)19-8-10-20(11-9-19)29(34)36-24-15-14-23(27(32)28(24)33)18-6-4-17(2)5-7-18/h8-15,17-18H,3-7,16H2,1-2H3. The average molecular weight is 501 g/mol. The molecule has 3 aromatic rings. The molecule has 0 aromatic heterocycles. The zero-order chi connectivity index (χ0) is 25.8. The predicted octanol–water partition coefficient (Wildman–Crippen LogP) is 7.96. The molecule has 3 nitrogen and oxygen atoms in total. The van der Waals surface area contributed by atoms with E-state index in [9.17, 15) is 22.4 Å². The van der Waals surface area contributed by atoms with Gasteiger partial charge in [-0.2, -0.15) is 4.39 Å². The third-order valence-electron chi connectivity index (χ3n) is 6.79. The molecule has 1 fully saturated rings. The van der Waals surface area contributed by atoms with Gasteiger partial charge in [-0.25, -0.2) is 18.0 Å². The van der Waals surface area contributed by atoms with Gasteiger partial charge in [-0.3, -0.25) is 0 Å². The van der Waals surface area contributed by atoms with Crippen molar-refractivity contribution in [3.8, 4) is 16.9 Å². The Kier molecular flexibility index (Phi) is 8.09. The molecule has 1 saturated carbocycles. The number of benzene rings is 3. The summed E-state index contributed by atoms with van der Waals surface area (Å²) in [7, 11) is 0. The van der Waals surface area contributed by atoms with Crippen LogP contribution in [0.15, 0.2) is 48.5 Å². The lowest BCUT2D eigenvalue weighted by Gasteiger charge is -2.27. The van der Waals surface area contributed by atoms with Crippen molar-refractivity contribution in [2.45, 2.75) is 52.1 Å². The second kappa shape index (κ2) is 11.2. The van der Waals surface area contributed by atoms with Gasteiger partial charge in [-0.1, -0.05) is 50.1 Å². The molecule has 0 N–H and O–H groups in total. The lowest BCUT2D eigenvalue weighted by Crippen LogP contribution is -2.14. The maximum absolute atomic E-state index is 14.8. The SMILES string of the molecule is CCOCc1ccc(-c2ccc(C(=O)Oc3ccc(C4CCC(C)CC4)c(F)c3F)cc2)c(F)c1F. The van der Waals surface area contributed by atoms with E-state index in [4.69, 9.17) is 9.47 Å². The van der Waals surface area contributed by atoms with Crippen LogP contribution in [-0.2, 0) is 11.3 Å². The van der Waals surface area contributed by atoms with Crippen molar-refractivity contribution in [2.75, 3.05) is 6.61 Å². The number of esters is 1. The van der Waals surface area contributed by atoms with E-state index in [-0.39, 0.29) is 29.2 Å². The quantitative estimate of drug-likeness (QED) is 0.188. The minimum Gasteiger partial charge on any atom is -0.420 e. The first-order valence-electron chi connectivity index (χ1n) is 12.1. The molecule has 0 atom stereocenters.